The summed E-state index contributed by atoms with van der Waals surface area (Å²) < 4.78 is 0. The number of halogens is 1. The maximum Gasteiger partial charge on any atom is 0.158 e. The summed E-state index contributed by atoms with van der Waals surface area (Å²) in [5, 5.41) is 20.7. The van der Waals surface area contributed by atoms with Crippen LogP contribution in [0.15, 0.2) is 30.3 Å². The molecule has 0 heterocycles. The highest BCUT2D eigenvalue weighted by Gasteiger charge is 2.18. The Morgan fingerprint density at radius 2 is 1.56 bits per heavy atom. The summed E-state index contributed by atoms with van der Waals surface area (Å²) in [7, 11) is 0. The van der Waals surface area contributed by atoms with Gasteiger partial charge < -0.3 is 15.9 Å². The van der Waals surface area contributed by atoms with Crippen molar-refractivity contribution in [2.24, 2.45) is 5.73 Å². The van der Waals surface area contributed by atoms with Crippen molar-refractivity contribution in [1.82, 2.24) is 0 Å². The van der Waals surface area contributed by atoms with Crippen LogP contribution < -0.4 is 5.73 Å². The van der Waals surface area contributed by atoms with Gasteiger partial charge in [0.25, 0.3) is 0 Å². The van der Waals surface area contributed by atoms with Crippen molar-refractivity contribution in [3.05, 3.63) is 35.9 Å². The van der Waals surface area contributed by atoms with E-state index < -0.39 is 0 Å². The van der Waals surface area contributed by atoms with Gasteiger partial charge in [-0.15, -0.1) is 12.4 Å². The van der Waals surface area contributed by atoms with Crippen LogP contribution in [0.3, 0.4) is 0 Å². The number of aromatic hydroxyl groups is 2. The first-order chi connectivity index (χ1) is 7.94. The number of benzene rings is 2. The van der Waals surface area contributed by atoms with Crippen molar-refractivity contribution >= 4 is 23.2 Å². The molecule has 4 N–H and O–H groups in total. The van der Waals surface area contributed by atoms with Crippen LogP contribution in [0.25, 0.3) is 10.8 Å². The van der Waals surface area contributed by atoms with Gasteiger partial charge in [0.2, 0.25) is 0 Å². The molecule has 98 valence electrons. The van der Waals surface area contributed by atoms with Crippen LogP contribution in [-0.2, 0) is 5.41 Å². The fourth-order valence-electron chi connectivity index (χ4n) is 1.81. The molecule has 0 aliphatic rings. The Bertz CT molecular complexity index is 567. The second-order valence-corrected chi connectivity index (χ2v) is 4.99. The van der Waals surface area contributed by atoms with Gasteiger partial charge in [-0.2, -0.15) is 0 Å². The number of hydrogen-bond acceptors (Lipinski definition) is 3. The van der Waals surface area contributed by atoms with Crippen molar-refractivity contribution in [1.29, 1.82) is 0 Å². The topological polar surface area (TPSA) is 66.5 Å². The number of fused-ring (bicyclic) bond motifs is 1. The molecule has 2 aromatic rings. The summed E-state index contributed by atoms with van der Waals surface area (Å²) in [6.45, 7) is 4.71. The number of phenolic OH excluding ortho intramolecular Hbond substituents is 2. The molecule has 0 aliphatic heterocycles. The molecular weight excluding hydrogens is 250 g/mol. The molecule has 2 rings (SSSR count). The summed E-state index contributed by atoms with van der Waals surface area (Å²) in [6.07, 6.45) is 0. The average Bonchev–Trinajstić information content (AvgIpc) is 2.30. The Kier molecular flexibility index (Phi) is 4.09. The molecule has 2 aromatic carbocycles. The van der Waals surface area contributed by atoms with Crippen LogP contribution in [0.5, 0.6) is 11.5 Å². The zero-order valence-corrected chi connectivity index (χ0v) is 11.3. The summed E-state index contributed by atoms with van der Waals surface area (Å²) in [4.78, 5) is 0. The molecule has 0 bridgehead atoms. The van der Waals surface area contributed by atoms with Crippen LogP contribution in [0.2, 0.25) is 0 Å². The molecule has 0 fully saturated rings. The molecule has 0 spiro atoms. The fraction of sp³-hybridized carbons (Fsp3) is 0.286. The third-order valence-electron chi connectivity index (χ3n) is 3.23. The van der Waals surface area contributed by atoms with E-state index in [1.807, 2.05) is 18.2 Å². The molecule has 0 aromatic heterocycles. The van der Waals surface area contributed by atoms with E-state index in [4.69, 9.17) is 5.73 Å². The van der Waals surface area contributed by atoms with Crippen LogP contribution in [0.1, 0.15) is 19.4 Å². The van der Waals surface area contributed by atoms with Gasteiger partial charge >= 0.3 is 0 Å². The first-order valence-corrected chi connectivity index (χ1v) is 5.60. The molecule has 18 heavy (non-hydrogen) atoms. The van der Waals surface area contributed by atoms with E-state index in [2.05, 4.69) is 13.8 Å². The molecule has 0 atom stereocenters. The van der Waals surface area contributed by atoms with Gasteiger partial charge in [-0.1, -0.05) is 32.0 Å². The van der Waals surface area contributed by atoms with Crippen LogP contribution in [0, 0.1) is 0 Å². The molecular formula is C14H18ClNO2. The lowest BCUT2D eigenvalue weighted by atomic mass is 9.84. The molecule has 0 unspecified atom stereocenters. The number of phenols is 2. The Balaban J connectivity index is 0.00000162. The van der Waals surface area contributed by atoms with Gasteiger partial charge in [-0.25, -0.2) is 0 Å². The molecule has 3 nitrogen and oxygen atoms in total. The summed E-state index contributed by atoms with van der Waals surface area (Å²) in [6, 6.07) is 9.07. The smallest absolute Gasteiger partial charge is 0.158 e. The zero-order valence-electron chi connectivity index (χ0n) is 10.5. The van der Waals surface area contributed by atoms with Crippen molar-refractivity contribution in [2.75, 3.05) is 6.54 Å². The maximum atomic E-state index is 9.49. The highest BCUT2D eigenvalue weighted by molar-refractivity contribution is 5.86. The molecule has 0 aliphatic carbocycles. The Labute approximate surface area is 113 Å². The zero-order chi connectivity index (χ0) is 12.6. The van der Waals surface area contributed by atoms with E-state index in [1.54, 1.807) is 12.1 Å². The van der Waals surface area contributed by atoms with E-state index in [9.17, 15) is 10.2 Å². The van der Waals surface area contributed by atoms with Gasteiger partial charge in [0, 0.05) is 12.0 Å². The number of rotatable bonds is 2. The Hall–Kier alpha value is -1.45. The predicted octanol–water partition coefficient (Wildman–Crippen LogP) is 2.91. The van der Waals surface area contributed by atoms with Crippen molar-refractivity contribution in [3.63, 3.8) is 0 Å². The van der Waals surface area contributed by atoms with Crippen LogP contribution in [0.4, 0.5) is 0 Å². The minimum absolute atomic E-state index is 0. The van der Waals surface area contributed by atoms with Crippen molar-refractivity contribution in [2.45, 2.75) is 19.3 Å². The van der Waals surface area contributed by atoms with Crippen molar-refractivity contribution in [3.8, 4) is 11.5 Å². The predicted molar refractivity (Wildman–Crippen MR) is 76.6 cm³/mol. The first kappa shape index (κ1) is 14.6. The standard InChI is InChI=1S/C14H17NO2.ClH/c1-14(2,8-15)11-4-3-9-6-12(16)13(17)7-10(9)5-11;/h3-7,16-17H,8,15H2,1-2H3;1H. The monoisotopic (exact) mass is 267 g/mol. The van der Waals surface area contributed by atoms with Crippen LogP contribution in [-0.4, -0.2) is 16.8 Å². The third kappa shape index (κ3) is 2.52. The maximum absolute atomic E-state index is 9.49. The minimum Gasteiger partial charge on any atom is -0.504 e. The molecule has 0 saturated carbocycles. The normalized spacial score (nSPS) is 11.3. The van der Waals surface area contributed by atoms with Gasteiger partial charge in [0.15, 0.2) is 11.5 Å². The molecule has 0 amide bonds. The Morgan fingerprint density at radius 1 is 1.00 bits per heavy atom. The second-order valence-electron chi connectivity index (χ2n) is 4.99. The van der Waals surface area contributed by atoms with E-state index in [-0.39, 0.29) is 29.3 Å². The van der Waals surface area contributed by atoms with Gasteiger partial charge in [0.1, 0.15) is 0 Å². The van der Waals surface area contributed by atoms with Gasteiger partial charge in [0.05, 0.1) is 0 Å². The summed E-state index contributed by atoms with van der Waals surface area (Å²) in [5.41, 5.74) is 6.77. The fourth-order valence-corrected chi connectivity index (χ4v) is 1.81. The van der Waals surface area contributed by atoms with Gasteiger partial charge in [-0.05, 0) is 28.5 Å². The molecule has 0 radical (unpaired) electrons. The minimum atomic E-state index is -0.0970. The first-order valence-electron chi connectivity index (χ1n) is 5.60. The largest absolute Gasteiger partial charge is 0.504 e. The van der Waals surface area contributed by atoms with E-state index in [0.717, 1.165) is 16.3 Å². The summed E-state index contributed by atoms with van der Waals surface area (Å²) in [5.74, 6) is -0.191. The quantitative estimate of drug-likeness (QED) is 0.733. The van der Waals surface area contributed by atoms with Crippen LogP contribution >= 0.6 is 12.4 Å². The average molecular weight is 268 g/mol. The van der Waals surface area contributed by atoms with E-state index in [1.165, 1.54) is 0 Å². The Morgan fingerprint density at radius 3 is 2.11 bits per heavy atom. The van der Waals surface area contributed by atoms with E-state index >= 15 is 0 Å². The highest BCUT2D eigenvalue weighted by atomic mass is 35.5. The SMILES string of the molecule is CC(C)(CN)c1ccc2cc(O)c(O)cc2c1.Cl. The second kappa shape index (κ2) is 5.04. The molecule has 0 saturated heterocycles. The lowest BCUT2D eigenvalue weighted by molar-refractivity contribution is 0.405. The lowest BCUT2D eigenvalue weighted by Crippen LogP contribution is -2.27. The van der Waals surface area contributed by atoms with E-state index in [0.29, 0.717) is 6.54 Å². The molecule has 4 heteroatoms. The summed E-state index contributed by atoms with van der Waals surface area (Å²) >= 11 is 0. The van der Waals surface area contributed by atoms with Gasteiger partial charge in [-0.3, -0.25) is 0 Å². The van der Waals surface area contributed by atoms with Crippen molar-refractivity contribution < 1.29 is 10.2 Å². The number of nitrogens with two attached hydrogens (primary N) is 1. The third-order valence-corrected chi connectivity index (χ3v) is 3.23. The lowest BCUT2D eigenvalue weighted by Gasteiger charge is -2.23. The highest BCUT2D eigenvalue weighted by Crippen LogP contribution is 2.32. The number of hydrogen-bond donors (Lipinski definition) is 3.